The first-order chi connectivity index (χ1) is 14.7. The number of ether oxygens (including phenoxy) is 1. The summed E-state index contributed by atoms with van der Waals surface area (Å²) in [4.78, 5) is 18.8. The van der Waals surface area contributed by atoms with Gasteiger partial charge in [-0.1, -0.05) is 66.7 Å². The van der Waals surface area contributed by atoms with E-state index in [-0.39, 0.29) is 12.7 Å². The van der Waals surface area contributed by atoms with Crippen LogP contribution in [0.4, 0.5) is 4.79 Å². The summed E-state index contributed by atoms with van der Waals surface area (Å²) < 4.78 is 5.46. The molecule has 148 valence electrons. The zero-order chi connectivity index (χ0) is 20.8. The molecule has 5 nitrogen and oxygen atoms in total. The highest BCUT2D eigenvalue weighted by molar-refractivity contribution is 5.76. The first-order valence-electron chi connectivity index (χ1n) is 9.86. The fourth-order valence-corrected chi connectivity index (χ4v) is 3.47. The summed E-state index contributed by atoms with van der Waals surface area (Å²) in [7, 11) is 0. The van der Waals surface area contributed by atoms with Gasteiger partial charge in [-0.05, 0) is 35.3 Å². The van der Waals surface area contributed by atoms with E-state index in [1.54, 1.807) is 4.90 Å². The van der Waals surface area contributed by atoms with Gasteiger partial charge < -0.3 is 9.64 Å². The number of benzene rings is 2. The molecular formula is C25H21N3O2. The summed E-state index contributed by atoms with van der Waals surface area (Å²) in [6.07, 6.45) is 2.46. The number of nitrogens with zero attached hydrogens (tertiary/aromatic N) is 3. The Balaban J connectivity index is 1.47. The SMILES string of the molecule is N#Cc1nc(C2=CCCN(C(=O)OCc3ccccc3)C2)ccc1-c1ccccc1. The van der Waals surface area contributed by atoms with Crippen molar-refractivity contribution in [1.29, 1.82) is 5.26 Å². The van der Waals surface area contributed by atoms with Crippen LogP contribution in [0.2, 0.25) is 0 Å². The second-order valence-corrected chi connectivity index (χ2v) is 7.05. The molecule has 1 amide bonds. The average molecular weight is 395 g/mol. The Labute approximate surface area is 175 Å². The fraction of sp³-hybridized carbons (Fsp3) is 0.160. The largest absolute Gasteiger partial charge is 0.445 e. The van der Waals surface area contributed by atoms with Crippen LogP contribution in [0.3, 0.4) is 0 Å². The lowest BCUT2D eigenvalue weighted by atomic mass is 10.0. The Kier molecular flexibility index (Phi) is 5.86. The topological polar surface area (TPSA) is 66.2 Å². The van der Waals surface area contributed by atoms with Crippen LogP contribution in [0.1, 0.15) is 23.4 Å². The molecule has 0 N–H and O–H groups in total. The van der Waals surface area contributed by atoms with Gasteiger partial charge in [0, 0.05) is 12.1 Å². The van der Waals surface area contributed by atoms with Crippen molar-refractivity contribution < 1.29 is 9.53 Å². The molecule has 0 fully saturated rings. The normalized spacial score (nSPS) is 13.3. The molecule has 1 aromatic heterocycles. The molecule has 3 aromatic rings. The van der Waals surface area contributed by atoms with E-state index in [2.05, 4.69) is 17.1 Å². The highest BCUT2D eigenvalue weighted by Gasteiger charge is 2.21. The van der Waals surface area contributed by atoms with E-state index in [0.29, 0.717) is 24.5 Å². The summed E-state index contributed by atoms with van der Waals surface area (Å²) in [6, 6.07) is 25.4. The van der Waals surface area contributed by atoms with E-state index >= 15 is 0 Å². The maximum atomic E-state index is 12.5. The average Bonchev–Trinajstić information content (AvgIpc) is 2.83. The van der Waals surface area contributed by atoms with Crippen LogP contribution in [0.25, 0.3) is 16.7 Å². The summed E-state index contributed by atoms with van der Waals surface area (Å²) in [5, 5.41) is 9.60. The molecule has 0 aliphatic carbocycles. The smallest absolute Gasteiger partial charge is 0.410 e. The van der Waals surface area contributed by atoms with Gasteiger partial charge in [0.05, 0.1) is 12.2 Å². The van der Waals surface area contributed by atoms with Crippen molar-refractivity contribution in [3.63, 3.8) is 0 Å². The molecule has 2 aromatic carbocycles. The van der Waals surface area contributed by atoms with Gasteiger partial charge >= 0.3 is 6.09 Å². The van der Waals surface area contributed by atoms with E-state index in [1.807, 2.05) is 72.8 Å². The summed E-state index contributed by atoms with van der Waals surface area (Å²) in [6.45, 7) is 1.26. The van der Waals surface area contributed by atoms with Crippen molar-refractivity contribution in [3.8, 4) is 17.2 Å². The fourth-order valence-electron chi connectivity index (χ4n) is 3.47. The number of nitriles is 1. The Hall–Kier alpha value is -3.91. The number of carbonyl (C=O) groups excluding carboxylic acids is 1. The first kappa shape index (κ1) is 19.4. The van der Waals surface area contributed by atoms with Crippen LogP contribution in [-0.4, -0.2) is 29.1 Å². The van der Waals surface area contributed by atoms with Gasteiger partial charge in [0.2, 0.25) is 0 Å². The standard InChI is InChI=1S/C25H21N3O2/c26-16-24-22(20-10-5-2-6-11-20)13-14-23(27-24)21-12-7-15-28(17-21)25(29)30-18-19-8-3-1-4-9-19/h1-6,8-14H,7,15,17-18H2. The van der Waals surface area contributed by atoms with Crippen molar-refractivity contribution in [1.82, 2.24) is 9.88 Å². The summed E-state index contributed by atoms with van der Waals surface area (Å²) in [5.41, 5.74) is 4.73. The van der Waals surface area contributed by atoms with Gasteiger partial charge in [0.15, 0.2) is 0 Å². The highest BCUT2D eigenvalue weighted by atomic mass is 16.6. The van der Waals surface area contributed by atoms with Gasteiger partial charge in [0.25, 0.3) is 0 Å². The van der Waals surface area contributed by atoms with Crippen LogP contribution >= 0.6 is 0 Å². The van der Waals surface area contributed by atoms with Gasteiger partial charge in [-0.25, -0.2) is 9.78 Å². The molecule has 2 heterocycles. The van der Waals surface area contributed by atoms with Crippen LogP contribution in [-0.2, 0) is 11.3 Å². The number of hydrogen-bond donors (Lipinski definition) is 0. The number of aromatic nitrogens is 1. The summed E-state index contributed by atoms with van der Waals surface area (Å²) >= 11 is 0. The Morgan fingerprint density at radius 2 is 1.77 bits per heavy atom. The number of hydrogen-bond acceptors (Lipinski definition) is 4. The minimum absolute atomic E-state index is 0.248. The third-order valence-electron chi connectivity index (χ3n) is 5.03. The third-order valence-corrected chi connectivity index (χ3v) is 5.03. The molecule has 0 radical (unpaired) electrons. The Bertz CT molecular complexity index is 1100. The number of amides is 1. The van der Waals surface area contributed by atoms with Crippen molar-refractivity contribution >= 4 is 11.7 Å². The van der Waals surface area contributed by atoms with E-state index in [1.165, 1.54) is 0 Å². The van der Waals surface area contributed by atoms with Crippen LogP contribution in [0.15, 0.2) is 78.9 Å². The van der Waals surface area contributed by atoms with E-state index in [4.69, 9.17) is 4.74 Å². The van der Waals surface area contributed by atoms with Crippen LogP contribution in [0.5, 0.6) is 0 Å². The maximum Gasteiger partial charge on any atom is 0.410 e. The summed E-state index contributed by atoms with van der Waals surface area (Å²) in [5.74, 6) is 0. The lowest BCUT2D eigenvalue weighted by Crippen LogP contribution is -2.36. The second-order valence-electron chi connectivity index (χ2n) is 7.05. The van der Waals surface area contributed by atoms with Gasteiger partial charge in [0.1, 0.15) is 18.4 Å². The predicted octanol–water partition coefficient (Wildman–Crippen LogP) is 5.05. The van der Waals surface area contributed by atoms with Gasteiger partial charge in [-0.15, -0.1) is 0 Å². The monoisotopic (exact) mass is 395 g/mol. The molecule has 1 aliphatic rings. The molecule has 0 saturated heterocycles. The zero-order valence-corrected chi connectivity index (χ0v) is 16.5. The van der Waals surface area contributed by atoms with Crippen LogP contribution < -0.4 is 0 Å². The second kappa shape index (κ2) is 9.06. The molecule has 0 spiro atoms. The van der Waals surface area contributed by atoms with Crippen molar-refractivity contribution in [2.45, 2.75) is 13.0 Å². The molecule has 0 atom stereocenters. The van der Waals surface area contributed by atoms with Gasteiger partial charge in [-0.2, -0.15) is 5.26 Å². The molecule has 5 heteroatoms. The number of carbonyl (C=O) groups is 1. The minimum atomic E-state index is -0.342. The van der Waals surface area contributed by atoms with Crippen molar-refractivity contribution in [2.75, 3.05) is 13.1 Å². The van der Waals surface area contributed by atoms with Gasteiger partial charge in [-0.3, -0.25) is 0 Å². The molecule has 0 saturated carbocycles. The molecule has 4 rings (SSSR count). The maximum absolute atomic E-state index is 12.5. The van der Waals surface area contributed by atoms with Crippen molar-refractivity contribution in [2.24, 2.45) is 0 Å². The van der Waals surface area contributed by atoms with E-state index in [0.717, 1.165) is 28.7 Å². The zero-order valence-electron chi connectivity index (χ0n) is 16.5. The lowest BCUT2D eigenvalue weighted by Gasteiger charge is -2.26. The molecule has 30 heavy (non-hydrogen) atoms. The van der Waals surface area contributed by atoms with E-state index < -0.39 is 0 Å². The highest BCUT2D eigenvalue weighted by Crippen LogP contribution is 2.26. The molecular weight excluding hydrogens is 374 g/mol. The number of pyridine rings is 1. The Morgan fingerprint density at radius 1 is 1.03 bits per heavy atom. The van der Waals surface area contributed by atoms with Crippen LogP contribution in [0, 0.1) is 11.3 Å². The van der Waals surface area contributed by atoms with Crippen molar-refractivity contribution in [3.05, 3.63) is 95.8 Å². The molecule has 1 aliphatic heterocycles. The third kappa shape index (κ3) is 4.39. The minimum Gasteiger partial charge on any atom is -0.445 e. The quantitative estimate of drug-likeness (QED) is 0.620. The Morgan fingerprint density at radius 3 is 2.50 bits per heavy atom. The predicted molar refractivity (Wildman–Crippen MR) is 115 cm³/mol. The molecule has 0 bridgehead atoms. The number of rotatable bonds is 4. The first-order valence-corrected chi connectivity index (χ1v) is 9.86. The molecule has 0 unspecified atom stereocenters. The van der Waals surface area contributed by atoms with E-state index in [9.17, 15) is 10.1 Å². The lowest BCUT2D eigenvalue weighted by molar-refractivity contribution is 0.100.